The number of fused-ring (bicyclic) bond motifs is 1. The lowest BCUT2D eigenvalue weighted by atomic mass is 10.1. The van der Waals surface area contributed by atoms with Gasteiger partial charge in [-0.2, -0.15) is 0 Å². The summed E-state index contributed by atoms with van der Waals surface area (Å²) in [4.78, 5) is 14.7. The van der Waals surface area contributed by atoms with Crippen LogP contribution in [0.2, 0.25) is 0 Å². The van der Waals surface area contributed by atoms with Gasteiger partial charge in [0.15, 0.2) is 11.5 Å². The summed E-state index contributed by atoms with van der Waals surface area (Å²) in [6.45, 7) is 4.88. The Morgan fingerprint density at radius 3 is 2.56 bits per heavy atom. The number of amides is 1. The average Bonchev–Trinajstić information content (AvgIpc) is 2.63. The predicted molar refractivity (Wildman–Crippen MR) is 103 cm³/mol. The Bertz CT molecular complexity index is 794. The smallest absolute Gasteiger partial charge is 0.294 e. The molecular weight excluding hydrogens is 312 g/mol. The van der Waals surface area contributed by atoms with Crippen molar-refractivity contribution in [1.29, 1.82) is 0 Å². The molecule has 0 spiro atoms. The van der Waals surface area contributed by atoms with Crippen LogP contribution in [-0.2, 0) is 11.2 Å². The molecule has 0 unspecified atom stereocenters. The molecule has 1 aliphatic heterocycles. The van der Waals surface area contributed by atoms with Gasteiger partial charge in [0.25, 0.3) is 5.91 Å². The van der Waals surface area contributed by atoms with E-state index in [1.54, 1.807) is 23.1 Å². The Hall–Kier alpha value is -2.75. The van der Waals surface area contributed by atoms with Gasteiger partial charge in [-0.05, 0) is 48.2 Å². The van der Waals surface area contributed by atoms with Crippen LogP contribution in [0.4, 0.5) is 11.4 Å². The van der Waals surface area contributed by atoms with E-state index in [9.17, 15) is 4.79 Å². The predicted octanol–water partition coefficient (Wildman–Crippen LogP) is 4.40. The Balaban J connectivity index is 1.96. The van der Waals surface area contributed by atoms with E-state index in [1.807, 2.05) is 18.2 Å². The summed E-state index contributed by atoms with van der Waals surface area (Å²) in [5.74, 6) is 0.894. The van der Waals surface area contributed by atoms with Crippen LogP contribution in [0, 0.1) is 0 Å². The molecule has 2 aromatic rings. The normalized spacial score (nSPS) is 15.2. The number of rotatable bonds is 5. The lowest BCUT2D eigenvalue weighted by Gasteiger charge is -2.30. The zero-order chi connectivity index (χ0) is 17.8. The molecule has 3 rings (SSSR count). The molecule has 1 amide bonds. The number of carbonyl (C=O) groups excluding carboxylic acids is 1. The number of carbonyl (C=O) groups is 1. The van der Waals surface area contributed by atoms with Crippen LogP contribution in [0.15, 0.2) is 48.2 Å². The first-order chi connectivity index (χ1) is 12.1. The van der Waals surface area contributed by atoms with Crippen molar-refractivity contribution >= 4 is 23.4 Å². The molecule has 0 atom stereocenters. The number of anilines is 2. The highest BCUT2D eigenvalue weighted by molar-refractivity contribution is 6.10. The van der Waals surface area contributed by atoms with E-state index in [0.29, 0.717) is 23.7 Å². The van der Waals surface area contributed by atoms with E-state index in [2.05, 4.69) is 26.0 Å². The highest BCUT2D eigenvalue weighted by atomic mass is 16.5. The summed E-state index contributed by atoms with van der Waals surface area (Å²) in [5, 5.41) is 0. The maximum Gasteiger partial charge on any atom is 0.294 e. The van der Waals surface area contributed by atoms with Crippen molar-refractivity contribution in [2.24, 2.45) is 0 Å². The summed E-state index contributed by atoms with van der Waals surface area (Å²) < 4.78 is 5.88. The van der Waals surface area contributed by atoms with Gasteiger partial charge in [0, 0.05) is 12.2 Å². The van der Waals surface area contributed by atoms with Gasteiger partial charge in [0.2, 0.25) is 0 Å². The zero-order valence-electron chi connectivity index (χ0n) is 14.8. The Morgan fingerprint density at radius 1 is 1.12 bits per heavy atom. The zero-order valence-corrected chi connectivity index (χ0v) is 14.8. The maximum absolute atomic E-state index is 12.9. The van der Waals surface area contributed by atoms with E-state index in [4.69, 9.17) is 10.5 Å². The van der Waals surface area contributed by atoms with Gasteiger partial charge in [0.1, 0.15) is 0 Å². The number of hydrogen-bond donors (Lipinski definition) is 1. The summed E-state index contributed by atoms with van der Waals surface area (Å²) >= 11 is 0. The third-order valence-corrected chi connectivity index (χ3v) is 4.37. The highest BCUT2D eigenvalue weighted by Crippen LogP contribution is 2.37. The first-order valence-electron chi connectivity index (χ1n) is 8.82. The van der Waals surface area contributed by atoms with Crippen molar-refractivity contribution < 1.29 is 9.53 Å². The molecule has 4 nitrogen and oxygen atoms in total. The second-order valence-corrected chi connectivity index (χ2v) is 6.24. The second-order valence-electron chi connectivity index (χ2n) is 6.24. The number of hydrogen-bond acceptors (Lipinski definition) is 3. The fourth-order valence-corrected chi connectivity index (χ4v) is 2.87. The maximum atomic E-state index is 12.9. The largest absolute Gasteiger partial charge is 0.449 e. The molecule has 4 heteroatoms. The van der Waals surface area contributed by atoms with Crippen LogP contribution in [0.1, 0.15) is 37.8 Å². The molecule has 0 aromatic heterocycles. The molecule has 0 fully saturated rings. The van der Waals surface area contributed by atoms with Gasteiger partial charge in [-0.1, -0.05) is 44.5 Å². The fourth-order valence-electron chi connectivity index (χ4n) is 2.87. The Labute approximate surface area is 148 Å². The quantitative estimate of drug-likeness (QED) is 0.650. The number of nitrogens with zero attached hydrogens (tertiary/aromatic N) is 1. The fraction of sp³-hybridized carbons (Fsp3) is 0.286. The monoisotopic (exact) mass is 336 g/mol. The van der Waals surface area contributed by atoms with Crippen LogP contribution in [0.25, 0.3) is 6.08 Å². The molecule has 2 N–H and O–H groups in total. The van der Waals surface area contributed by atoms with Crippen LogP contribution >= 0.6 is 0 Å². The topological polar surface area (TPSA) is 55.6 Å². The molecule has 0 saturated heterocycles. The van der Waals surface area contributed by atoms with Crippen molar-refractivity contribution in [2.75, 3.05) is 17.2 Å². The number of benzene rings is 2. The van der Waals surface area contributed by atoms with E-state index < -0.39 is 0 Å². The molecule has 0 bridgehead atoms. The number of aryl methyl sites for hydroxylation is 1. The van der Waals surface area contributed by atoms with E-state index in [1.165, 1.54) is 5.56 Å². The first-order valence-corrected chi connectivity index (χ1v) is 8.82. The van der Waals surface area contributed by atoms with E-state index >= 15 is 0 Å². The van der Waals surface area contributed by atoms with Crippen molar-refractivity contribution in [3.05, 3.63) is 59.4 Å². The number of ether oxygens (including phenoxy) is 1. The highest BCUT2D eigenvalue weighted by Gasteiger charge is 2.30. The van der Waals surface area contributed by atoms with Crippen LogP contribution in [0.5, 0.6) is 5.75 Å². The van der Waals surface area contributed by atoms with Crippen molar-refractivity contribution in [3.8, 4) is 5.75 Å². The minimum absolute atomic E-state index is 0.119. The molecule has 0 aliphatic carbocycles. The Kier molecular flexibility index (Phi) is 5.08. The van der Waals surface area contributed by atoms with Crippen LogP contribution in [0.3, 0.4) is 0 Å². The number of nitrogen functional groups attached to an aromatic ring is 1. The van der Waals surface area contributed by atoms with Crippen LogP contribution in [-0.4, -0.2) is 12.5 Å². The summed E-state index contributed by atoms with van der Waals surface area (Å²) in [6.07, 6.45) is 4.74. The van der Waals surface area contributed by atoms with Gasteiger partial charge in [-0.15, -0.1) is 0 Å². The van der Waals surface area contributed by atoms with E-state index in [0.717, 1.165) is 30.5 Å². The lowest BCUT2D eigenvalue weighted by Crippen LogP contribution is -2.38. The van der Waals surface area contributed by atoms with E-state index in [-0.39, 0.29) is 5.91 Å². The molecule has 1 aliphatic rings. The molecule has 130 valence electrons. The van der Waals surface area contributed by atoms with Crippen molar-refractivity contribution in [3.63, 3.8) is 0 Å². The van der Waals surface area contributed by atoms with Crippen molar-refractivity contribution in [1.82, 2.24) is 0 Å². The minimum atomic E-state index is -0.119. The number of nitrogens with two attached hydrogens (primary N) is 1. The van der Waals surface area contributed by atoms with Gasteiger partial charge in [-0.3, -0.25) is 4.79 Å². The summed E-state index contributed by atoms with van der Waals surface area (Å²) in [6, 6.07) is 13.6. The molecule has 25 heavy (non-hydrogen) atoms. The molecule has 0 saturated carbocycles. The summed E-state index contributed by atoms with van der Waals surface area (Å²) in [5.41, 5.74) is 9.49. The minimum Gasteiger partial charge on any atom is -0.449 e. The summed E-state index contributed by atoms with van der Waals surface area (Å²) in [7, 11) is 0. The van der Waals surface area contributed by atoms with Crippen LogP contribution < -0.4 is 15.4 Å². The molecular formula is C21H24N2O2. The standard InChI is InChI=1S/C21H24N2O2/c1-3-5-12-23-18-14-17(22)10-11-19(18)25-20(21(23)24)13-16-8-6-15(4-2)7-9-16/h6-11,13-14H,3-5,12,22H2,1-2H3/b20-13+. The molecule has 2 aromatic carbocycles. The Morgan fingerprint density at radius 2 is 1.88 bits per heavy atom. The van der Waals surface area contributed by atoms with Gasteiger partial charge in [0.05, 0.1) is 5.69 Å². The third-order valence-electron chi connectivity index (χ3n) is 4.37. The molecule has 0 radical (unpaired) electrons. The number of unbranched alkanes of at least 4 members (excludes halogenated alkanes) is 1. The van der Waals surface area contributed by atoms with Gasteiger partial charge < -0.3 is 15.4 Å². The average molecular weight is 336 g/mol. The second kappa shape index (κ2) is 7.43. The van der Waals surface area contributed by atoms with Gasteiger partial charge >= 0.3 is 0 Å². The third kappa shape index (κ3) is 3.68. The first kappa shape index (κ1) is 17.1. The lowest BCUT2D eigenvalue weighted by molar-refractivity contribution is -0.117. The van der Waals surface area contributed by atoms with Crippen molar-refractivity contribution in [2.45, 2.75) is 33.1 Å². The molecule has 1 heterocycles. The van der Waals surface area contributed by atoms with Gasteiger partial charge in [-0.25, -0.2) is 0 Å². The SMILES string of the molecule is CCCCN1C(=O)/C(=C\c2ccc(CC)cc2)Oc2ccc(N)cc21.